The number of aliphatic imine (C=N–C) groups is 1. The average molecular weight is 479 g/mol. The number of nitrogens with one attached hydrogen (secondary N) is 2. The van der Waals surface area contributed by atoms with Crippen molar-refractivity contribution in [2.24, 2.45) is 4.99 Å². The Morgan fingerprint density at radius 1 is 1.43 bits per heavy atom. The van der Waals surface area contributed by atoms with Crippen LogP contribution in [-0.4, -0.2) is 70.1 Å². The van der Waals surface area contributed by atoms with Crippen molar-refractivity contribution >= 4 is 50.7 Å². The van der Waals surface area contributed by atoms with Crippen molar-refractivity contribution in [1.82, 2.24) is 15.8 Å². The molecular formula is C17H27BrN4O5S. The Labute approximate surface area is 177 Å². The summed E-state index contributed by atoms with van der Waals surface area (Å²) in [5.74, 6) is 0.00231. The van der Waals surface area contributed by atoms with E-state index in [-0.39, 0.29) is 17.3 Å². The summed E-state index contributed by atoms with van der Waals surface area (Å²) in [6, 6.07) is -1.45. The fourth-order valence-corrected chi connectivity index (χ4v) is 4.45. The van der Waals surface area contributed by atoms with E-state index in [1.54, 1.807) is 20.8 Å². The smallest absolute Gasteiger partial charge is 0.408 e. The van der Waals surface area contributed by atoms with Crippen LogP contribution in [0.2, 0.25) is 0 Å². The quantitative estimate of drug-likeness (QED) is 0.352. The maximum absolute atomic E-state index is 13.1. The predicted octanol–water partition coefficient (Wildman–Crippen LogP) is 1.80. The van der Waals surface area contributed by atoms with E-state index >= 15 is 0 Å². The van der Waals surface area contributed by atoms with Gasteiger partial charge in [-0.25, -0.2) is 10.2 Å². The van der Waals surface area contributed by atoms with Gasteiger partial charge in [-0.2, -0.15) is 0 Å². The molecule has 0 aliphatic carbocycles. The zero-order valence-corrected chi connectivity index (χ0v) is 18.9. The Kier molecular flexibility index (Phi) is 8.14. The van der Waals surface area contributed by atoms with Crippen molar-refractivity contribution < 1.29 is 23.9 Å². The molecule has 0 bridgehead atoms. The molecule has 158 valence electrons. The Balaban J connectivity index is 2.10. The SMILES string of the molecule is COC(=O)[C@@H]1CCCN(C(=O)[C@H](CC2=NC(Br)CS2)NC(=O)OC(C)(C)C)N1. The molecule has 2 N–H and O–H groups in total. The first-order chi connectivity index (χ1) is 13.1. The van der Waals surface area contributed by atoms with Crippen LogP contribution in [0.5, 0.6) is 0 Å². The monoisotopic (exact) mass is 478 g/mol. The normalized spacial score (nSPS) is 23.6. The third-order valence-electron chi connectivity index (χ3n) is 3.98. The number of nitrogens with zero attached hydrogens (tertiary/aromatic N) is 2. The average Bonchev–Trinajstić information content (AvgIpc) is 3.03. The molecule has 28 heavy (non-hydrogen) atoms. The minimum absolute atomic E-state index is 0.00148. The molecule has 2 rings (SSSR count). The molecule has 2 heterocycles. The summed E-state index contributed by atoms with van der Waals surface area (Å²) in [7, 11) is 1.31. The van der Waals surface area contributed by atoms with Gasteiger partial charge in [0.1, 0.15) is 22.6 Å². The van der Waals surface area contributed by atoms with Crippen LogP contribution in [-0.2, 0) is 19.1 Å². The fraction of sp³-hybridized carbons (Fsp3) is 0.765. The number of hydrazine groups is 1. The maximum Gasteiger partial charge on any atom is 0.408 e. The number of carbonyl (C=O) groups excluding carboxylic acids is 3. The van der Waals surface area contributed by atoms with Crippen molar-refractivity contribution in [3.63, 3.8) is 0 Å². The lowest BCUT2D eigenvalue weighted by atomic mass is 10.1. The molecule has 11 heteroatoms. The Bertz CT molecular complexity index is 640. The number of halogens is 1. The van der Waals surface area contributed by atoms with Crippen LogP contribution >= 0.6 is 27.7 Å². The van der Waals surface area contributed by atoms with Gasteiger partial charge in [-0.05, 0) is 33.6 Å². The number of alkyl carbamates (subject to hydrolysis) is 1. The lowest BCUT2D eigenvalue weighted by Crippen LogP contribution is -2.60. The van der Waals surface area contributed by atoms with E-state index in [2.05, 4.69) is 31.7 Å². The Hall–Kier alpha value is -1.33. The van der Waals surface area contributed by atoms with Crippen molar-refractivity contribution in [2.45, 2.75) is 62.7 Å². The van der Waals surface area contributed by atoms with E-state index in [0.29, 0.717) is 19.4 Å². The van der Waals surface area contributed by atoms with E-state index in [4.69, 9.17) is 9.47 Å². The molecule has 1 fully saturated rings. The van der Waals surface area contributed by atoms with E-state index in [1.807, 2.05) is 0 Å². The minimum atomic E-state index is -0.859. The lowest BCUT2D eigenvalue weighted by molar-refractivity contribution is -0.150. The van der Waals surface area contributed by atoms with Crippen molar-refractivity contribution in [3.8, 4) is 0 Å². The van der Waals surface area contributed by atoms with Gasteiger partial charge in [0.15, 0.2) is 0 Å². The number of esters is 1. The number of methoxy groups -OCH3 is 1. The molecule has 0 aromatic carbocycles. The van der Waals surface area contributed by atoms with Crippen LogP contribution in [0.15, 0.2) is 4.99 Å². The summed E-state index contributed by atoms with van der Waals surface area (Å²) < 4.78 is 10.1. The van der Waals surface area contributed by atoms with Gasteiger partial charge in [-0.3, -0.25) is 19.6 Å². The third-order valence-corrected chi connectivity index (χ3v) is 6.02. The lowest BCUT2D eigenvalue weighted by Gasteiger charge is -2.35. The molecule has 0 aromatic rings. The van der Waals surface area contributed by atoms with E-state index in [1.165, 1.54) is 23.9 Å². The molecule has 2 aliphatic rings. The molecule has 1 unspecified atom stereocenters. The summed E-state index contributed by atoms with van der Waals surface area (Å²) in [4.78, 5) is 41.6. The molecular weight excluding hydrogens is 452 g/mol. The number of amides is 2. The van der Waals surface area contributed by atoms with E-state index in [0.717, 1.165) is 10.8 Å². The maximum atomic E-state index is 13.1. The van der Waals surface area contributed by atoms with E-state index in [9.17, 15) is 14.4 Å². The third kappa shape index (κ3) is 6.93. The number of hydrogen-bond donors (Lipinski definition) is 2. The van der Waals surface area contributed by atoms with Crippen LogP contribution in [0.1, 0.15) is 40.0 Å². The van der Waals surface area contributed by atoms with Gasteiger partial charge < -0.3 is 14.8 Å². The number of ether oxygens (including phenoxy) is 2. The Morgan fingerprint density at radius 2 is 2.14 bits per heavy atom. The zero-order chi connectivity index (χ0) is 20.9. The highest BCUT2D eigenvalue weighted by Crippen LogP contribution is 2.25. The van der Waals surface area contributed by atoms with Crippen LogP contribution in [0.3, 0.4) is 0 Å². The second kappa shape index (κ2) is 9.93. The van der Waals surface area contributed by atoms with Crippen LogP contribution in [0.25, 0.3) is 0 Å². The second-order valence-electron chi connectivity index (χ2n) is 7.51. The first-order valence-corrected chi connectivity index (χ1v) is 11.0. The Morgan fingerprint density at radius 3 is 2.71 bits per heavy atom. The zero-order valence-electron chi connectivity index (χ0n) is 16.5. The number of hydrogen-bond acceptors (Lipinski definition) is 8. The van der Waals surface area contributed by atoms with Crippen LogP contribution in [0, 0.1) is 0 Å². The second-order valence-corrected chi connectivity index (χ2v) is 9.66. The van der Waals surface area contributed by atoms with Crippen molar-refractivity contribution in [1.29, 1.82) is 0 Å². The number of thioether (sulfide) groups is 1. The minimum Gasteiger partial charge on any atom is -0.468 e. The fourth-order valence-electron chi connectivity index (χ4n) is 2.78. The molecule has 0 aromatic heterocycles. The molecule has 9 nitrogen and oxygen atoms in total. The predicted molar refractivity (Wildman–Crippen MR) is 110 cm³/mol. The molecule has 2 aliphatic heterocycles. The highest BCUT2D eigenvalue weighted by molar-refractivity contribution is 9.09. The highest BCUT2D eigenvalue weighted by Gasteiger charge is 2.35. The van der Waals surface area contributed by atoms with Gasteiger partial charge in [0.05, 0.1) is 12.2 Å². The summed E-state index contributed by atoms with van der Waals surface area (Å²) in [6.07, 6.45) is 0.809. The molecule has 2 amide bonds. The molecule has 0 spiro atoms. The van der Waals surface area contributed by atoms with Gasteiger partial charge in [0, 0.05) is 18.7 Å². The first-order valence-electron chi connectivity index (χ1n) is 9.07. The van der Waals surface area contributed by atoms with Gasteiger partial charge in [-0.1, -0.05) is 15.9 Å². The molecule has 1 saturated heterocycles. The summed E-state index contributed by atoms with van der Waals surface area (Å²) in [6.45, 7) is 5.69. The van der Waals surface area contributed by atoms with Gasteiger partial charge in [0.2, 0.25) is 0 Å². The van der Waals surface area contributed by atoms with Crippen molar-refractivity contribution in [2.75, 3.05) is 19.4 Å². The summed E-state index contributed by atoms with van der Waals surface area (Å²) in [5, 5.41) is 4.80. The summed E-state index contributed by atoms with van der Waals surface area (Å²) >= 11 is 4.96. The number of alkyl halides is 1. The van der Waals surface area contributed by atoms with Gasteiger partial charge in [-0.15, -0.1) is 11.8 Å². The number of carbonyl (C=O) groups is 3. The number of rotatable bonds is 5. The van der Waals surface area contributed by atoms with Crippen LogP contribution in [0.4, 0.5) is 4.79 Å². The van der Waals surface area contributed by atoms with Crippen LogP contribution < -0.4 is 10.7 Å². The molecule has 0 radical (unpaired) electrons. The van der Waals surface area contributed by atoms with Gasteiger partial charge >= 0.3 is 12.1 Å². The van der Waals surface area contributed by atoms with E-state index < -0.39 is 29.7 Å². The van der Waals surface area contributed by atoms with Crippen molar-refractivity contribution in [3.05, 3.63) is 0 Å². The molecule has 0 saturated carbocycles. The van der Waals surface area contributed by atoms with Gasteiger partial charge in [0.25, 0.3) is 5.91 Å². The highest BCUT2D eigenvalue weighted by atomic mass is 79.9. The molecule has 3 atom stereocenters. The largest absolute Gasteiger partial charge is 0.468 e. The first kappa shape index (κ1) is 23.0. The summed E-state index contributed by atoms with van der Waals surface area (Å²) in [5.41, 5.74) is 2.22. The topological polar surface area (TPSA) is 109 Å². The standard InChI is InChI=1S/C17H27BrN4O5S/c1-17(2,3)27-16(25)19-11(8-13-20-12(18)9-28-13)14(23)22-7-5-6-10(21-22)15(24)26-4/h10-12,21H,5-9H2,1-4H3,(H,19,25)/t10-,11-,12?/m0/s1.